The minimum absolute atomic E-state index is 0.132. The van der Waals surface area contributed by atoms with Crippen LogP contribution in [0.25, 0.3) is 0 Å². The molecule has 0 aromatic carbocycles. The van der Waals surface area contributed by atoms with Crippen LogP contribution in [0.5, 0.6) is 0 Å². The van der Waals surface area contributed by atoms with Gasteiger partial charge in [0.05, 0.1) is 6.61 Å². The summed E-state index contributed by atoms with van der Waals surface area (Å²) in [5.41, 5.74) is -0.153. The lowest BCUT2D eigenvalue weighted by Crippen LogP contribution is -2.16. The van der Waals surface area contributed by atoms with Gasteiger partial charge in [-0.1, -0.05) is 0 Å². The summed E-state index contributed by atoms with van der Waals surface area (Å²) in [5, 5.41) is 0. The molecule has 0 radical (unpaired) electrons. The smallest absolute Gasteiger partial charge is 0.195 e. The zero-order valence-electron chi connectivity index (χ0n) is 8.84. The number of ketones is 3. The van der Waals surface area contributed by atoms with Gasteiger partial charge in [0, 0.05) is 6.92 Å². The number of hydrogen-bond acceptors (Lipinski definition) is 4. The topological polar surface area (TPSA) is 60.4 Å². The number of allylic oxidation sites excluding steroid dienone is 2. The molecule has 78 valence electrons. The summed E-state index contributed by atoms with van der Waals surface area (Å²) in [7, 11) is 0. The van der Waals surface area contributed by atoms with Crippen LogP contribution in [0.15, 0.2) is 11.3 Å². The summed E-state index contributed by atoms with van der Waals surface area (Å²) in [5.74, 6) is -1.44. The number of rotatable bonds is 5. The van der Waals surface area contributed by atoms with E-state index in [9.17, 15) is 14.4 Å². The largest absolute Gasteiger partial charge is 0.489 e. The van der Waals surface area contributed by atoms with Crippen LogP contribution in [0, 0.1) is 0 Å². The van der Waals surface area contributed by atoms with Crippen molar-refractivity contribution in [1.29, 1.82) is 0 Å². The second-order valence-electron chi connectivity index (χ2n) is 2.81. The second kappa shape index (κ2) is 5.32. The SMILES string of the molecule is CCOC(C(C)=O)=C(C(C)=O)C(C)=O. The predicted molar refractivity (Wildman–Crippen MR) is 50.7 cm³/mol. The van der Waals surface area contributed by atoms with Crippen molar-refractivity contribution in [3.63, 3.8) is 0 Å². The zero-order chi connectivity index (χ0) is 11.3. The normalized spacial score (nSPS) is 9.14. The third kappa shape index (κ3) is 3.12. The Hall–Kier alpha value is -1.45. The Morgan fingerprint density at radius 3 is 1.57 bits per heavy atom. The average molecular weight is 198 g/mol. The van der Waals surface area contributed by atoms with E-state index in [-0.39, 0.29) is 17.9 Å². The van der Waals surface area contributed by atoms with Gasteiger partial charge in [-0.25, -0.2) is 0 Å². The highest BCUT2D eigenvalue weighted by Gasteiger charge is 2.20. The minimum Gasteiger partial charge on any atom is -0.489 e. The zero-order valence-corrected chi connectivity index (χ0v) is 8.84. The van der Waals surface area contributed by atoms with Crippen LogP contribution in [0.3, 0.4) is 0 Å². The van der Waals surface area contributed by atoms with Crippen molar-refractivity contribution in [1.82, 2.24) is 0 Å². The molecule has 4 heteroatoms. The van der Waals surface area contributed by atoms with Crippen LogP contribution < -0.4 is 0 Å². The van der Waals surface area contributed by atoms with Crippen LogP contribution >= 0.6 is 0 Å². The van der Waals surface area contributed by atoms with E-state index < -0.39 is 17.3 Å². The molecule has 0 rings (SSSR count). The molecule has 0 bridgehead atoms. The van der Waals surface area contributed by atoms with Gasteiger partial charge < -0.3 is 4.74 Å². The van der Waals surface area contributed by atoms with Crippen LogP contribution in [-0.2, 0) is 19.1 Å². The highest BCUT2D eigenvalue weighted by atomic mass is 16.5. The van der Waals surface area contributed by atoms with Gasteiger partial charge in [-0.15, -0.1) is 0 Å². The van der Waals surface area contributed by atoms with Crippen molar-refractivity contribution < 1.29 is 19.1 Å². The Morgan fingerprint density at radius 2 is 1.36 bits per heavy atom. The minimum atomic E-state index is -0.448. The third-order valence-electron chi connectivity index (χ3n) is 1.54. The van der Waals surface area contributed by atoms with Crippen LogP contribution in [0.1, 0.15) is 27.7 Å². The third-order valence-corrected chi connectivity index (χ3v) is 1.54. The summed E-state index contributed by atoms with van der Waals surface area (Å²) >= 11 is 0. The molecule has 0 atom stereocenters. The van der Waals surface area contributed by atoms with Gasteiger partial charge in [0.25, 0.3) is 0 Å². The van der Waals surface area contributed by atoms with Gasteiger partial charge in [0.15, 0.2) is 23.1 Å². The fourth-order valence-electron chi connectivity index (χ4n) is 1.06. The number of Topliss-reactive ketones (excluding diaryl/α,β-unsaturated/α-hetero) is 3. The lowest BCUT2D eigenvalue weighted by molar-refractivity contribution is -0.122. The molecule has 0 aromatic rings. The fraction of sp³-hybridized carbons (Fsp3) is 0.500. The highest BCUT2D eigenvalue weighted by molar-refractivity contribution is 6.22. The van der Waals surface area contributed by atoms with Crippen LogP contribution in [0.2, 0.25) is 0 Å². The first-order valence-corrected chi connectivity index (χ1v) is 4.31. The molecule has 14 heavy (non-hydrogen) atoms. The van der Waals surface area contributed by atoms with Crippen molar-refractivity contribution in [3.8, 4) is 0 Å². The first-order chi connectivity index (χ1) is 6.41. The van der Waals surface area contributed by atoms with Crippen molar-refractivity contribution in [2.45, 2.75) is 27.7 Å². The summed E-state index contributed by atoms with van der Waals surface area (Å²) in [6, 6.07) is 0. The quantitative estimate of drug-likeness (QED) is 0.286. The molecule has 0 heterocycles. The van der Waals surface area contributed by atoms with Crippen molar-refractivity contribution in [2.24, 2.45) is 0 Å². The number of carbonyl (C=O) groups excluding carboxylic acids is 3. The number of hydrogen-bond donors (Lipinski definition) is 0. The summed E-state index contributed by atoms with van der Waals surface area (Å²) < 4.78 is 4.98. The second-order valence-corrected chi connectivity index (χ2v) is 2.81. The highest BCUT2D eigenvalue weighted by Crippen LogP contribution is 2.10. The molecule has 0 spiro atoms. The molecule has 0 unspecified atom stereocenters. The van der Waals surface area contributed by atoms with E-state index in [4.69, 9.17) is 4.74 Å². The van der Waals surface area contributed by atoms with Gasteiger partial charge in [-0.05, 0) is 20.8 Å². The van der Waals surface area contributed by atoms with E-state index in [1.165, 1.54) is 20.8 Å². The summed E-state index contributed by atoms with van der Waals surface area (Å²) in [6.45, 7) is 5.66. The molecule has 0 N–H and O–H groups in total. The van der Waals surface area contributed by atoms with Gasteiger partial charge in [0.1, 0.15) is 5.57 Å². The molecule has 0 saturated heterocycles. The molecule has 0 aliphatic heterocycles. The van der Waals surface area contributed by atoms with E-state index in [0.29, 0.717) is 0 Å². The maximum Gasteiger partial charge on any atom is 0.195 e. The van der Waals surface area contributed by atoms with Crippen molar-refractivity contribution in [3.05, 3.63) is 11.3 Å². The van der Waals surface area contributed by atoms with E-state index in [0.717, 1.165) is 0 Å². The van der Waals surface area contributed by atoms with E-state index >= 15 is 0 Å². The van der Waals surface area contributed by atoms with E-state index in [2.05, 4.69) is 0 Å². The maximum absolute atomic E-state index is 11.1. The Bertz CT molecular complexity index is 283. The Balaban J connectivity index is 5.38. The molecule has 0 aliphatic carbocycles. The average Bonchev–Trinajstić information content (AvgIpc) is 2.01. The Labute approximate surface area is 82.9 Å². The lowest BCUT2D eigenvalue weighted by atomic mass is 10.1. The first-order valence-electron chi connectivity index (χ1n) is 4.31. The van der Waals surface area contributed by atoms with Crippen molar-refractivity contribution in [2.75, 3.05) is 6.61 Å². The molecule has 0 fully saturated rings. The van der Waals surface area contributed by atoms with Crippen LogP contribution in [-0.4, -0.2) is 24.0 Å². The van der Waals surface area contributed by atoms with Gasteiger partial charge in [-0.2, -0.15) is 0 Å². The van der Waals surface area contributed by atoms with Gasteiger partial charge >= 0.3 is 0 Å². The molecule has 0 aliphatic rings. The van der Waals surface area contributed by atoms with E-state index in [1.54, 1.807) is 6.92 Å². The lowest BCUT2D eigenvalue weighted by Gasteiger charge is -2.08. The fourth-order valence-corrected chi connectivity index (χ4v) is 1.06. The molecule has 0 amide bonds. The molecule has 0 saturated carbocycles. The van der Waals surface area contributed by atoms with Gasteiger partial charge in [0.2, 0.25) is 0 Å². The molecule has 4 nitrogen and oxygen atoms in total. The molecule has 0 aromatic heterocycles. The number of ether oxygens (including phenoxy) is 1. The summed E-state index contributed by atoms with van der Waals surface area (Å²) in [4.78, 5) is 33.3. The molecular weight excluding hydrogens is 184 g/mol. The molecular formula is C10H14O4. The predicted octanol–water partition coefficient (Wildman–Crippen LogP) is 1.04. The Morgan fingerprint density at radius 1 is 0.929 bits per heavy atom. The Kier molecular flexibility index (Phi) is 4.77. The van der Waals surface area contributed by atoms with E-state index in [1.807, 2.05) is 0 Å². The van der Waals surface area contributed by atoms with Crippen LogP contribution in [0.4, 0.5) is 0 Å². The van der Waals surface area contributed by atoms with Crippen molar-refractivity contribution >= 4 is 17.3 Å². The first kappa shape index (κ1) is 12.6. The summed E-state index contributed by atoms with van der Waals surface area (Å²) in [6.07, 6.45) is 0. The van der Waals surface area contributed by atoms with Gasteiger partial charge in [-0.3, -0.25) is 14.4 Å². The number of carbonyl (C=O) groups is 3. The monoisotopic (exact) mass is 198 g/mol. The maximum atomic E-state index is 11.1. The standard InChI is InChI=1S/C10H14O4/c1-5-14-10(8(4)13)9(6(2)11)7(3)12/h5H2,1-4H3.